The van der Waals surface area contributed by atoms with Gasteiger partial charge in [0.15, 0.2) is 0 Å². The molecule has 84 valence electrons. The second-order valence-electron chi connectivity index (χ2n) is 4.92. The smallest absolute Gasteiger partial charge is 0.140 e. The highest BCUT2D eigenvalue weighted by Crippen LogP contribution is 2.49. The first-order valence-electron chi connectivity index (χ1n) is 5.93. The summed E-state index contributed by atoms with van der Waals surface area (Å²) in [6.45, 7) is 3.25. The molecule has 3 rings (SSSR count). The van der Waals surface area contributed by atoms with Gasteiger partial charge in [-0.1, -0.05) is 18.2 Å². The van der Waals surface area contributed by atoms with Gasteiger partial charge in [0.05, 0.1) is 18.6 Å². The van der Waals surface area contributed by atoms with E-state index in [2.05, 4.69) is 18.2 Å². The number of Topliss-reactive ketones (excluding diaryl/α,β-unsaturated/α-hetero) is 1. The van der Waals surface area contributed by atoms with Crippen molar-refractivity contribution in [3.05, 3.63) is 34.9 Å². The maximum Gasteiger partial charge on any atom is 0.140 e. The van der Waals surface area contributed by atoms with Crippen LogP contribution in [0.5, 0.6) is 0 Å². The lowest BCUT2D eigenvalue weighted by Crippen LogP contribution is -2.18. The highest BCUT2D eigenvalue weighted by molar-refractivity contribution is 5.91. The van der Waals surface area contributed by atoms with E-state index in [-0.39, 0.29) is 5.41 Å². The van der Waals surface area contributed by atoms with Crippen LogP contribution in [0, 0.1) is 0 Å². The summed E-state index contributed by atoms with van der Waals surface area (Å²) in [7, 11) is 0. The number of ketones is 1. The molecule has 0 saturated heterocycles. The van der Waals surface area contributed by atoms with E-state index in [0.717, 1.165) is 32.5 Å². The fourth-order valence-electron chi connectivity index (χ4n) is 2.63. The first-order valence-corrected chi connectivity index (χ1v) is 5.93. The minimum Gasteiger partial charge on any atom is -0.376 e. The van der Waals surface area contributed by atoms with Crippen LogP contribution >= 0.6 is 0 Å². The largest absolute Gasteiger partial charge is 0.376 e. The Morgan fingerprint density at radius 1 is 1.31 bits per heavy atom. The first kappa shape index (κ1) is 10.0. The van der Waals surface area contributed by atoms with Gasteiger partial charge in [-0.25, -0.2) is 0 Å². The van der Waals surface area contributed by atoms with Crippen LogP contribution in [0.25, 0.3) is 0 Å². The summed E-state index contributed by atoms with van der Waals surface area (Å²) in [5, 5.41) is 0. The van der Waals surface area contributed by atoms with E-state index >= 15 is 0 Å². The van der Waals surface area contributed by atoms with Crippen molar-refractivity contribution < 1.29 is 9.53 Å². The van der Waals surface area contributed by atoms with Crippen molar-refractivity contribution in [1.29, 1.82) is 0 Å². The van der Waals surface area contributed by atoms with Gasteiger partial charge in [0.25, 0.3) is 0 Å². The molecule has 0 spiro atoms. The summed E-state index contributed by atoms with van der Waals surface area (Å²) in [6, 6.07) is 6.47. The van der Waals surface area contributed by atoms with Gasteiger partial charge in [-0.2, -0.15) is 0 Å². The Morgan fingerprint density at radius 2 is 2.12 bits per heavy atom. The summed E-state index contributed by atoms with van der Waals surface area (Å²) in [5.41, 5.74) is 3.75. The molecule has 2 aliphatic rings. The second-order valence-corrected chi connectivity index (χ2v) is 4.92. The highest BCUT2D eigenvalue weighted by atomic mass is 16.5. The number of carbonyl (C=O) groups excluding carboxylic acids is 1. The monoisotopic (exact) mass is 216 g/mol. The number of ether oxygens (including phenoxy) is 1. The Kier molecular flexibility index (Phi) is 2.15. The van der Waals surface area contributed by atoms with Crippen LogP contribution in [0.3, 0.4) is 0 Å². The molecule has 1 saturated carbocycles. The molecule has 1 aliphatic heterocycles. The van der Waals surface area contributed by atoms with E-state index in [1.54, 1.807) is 6.92 Å². The second kappa shape index (κ2) is 3.42. The zero-order chi connectivity index (χ0) is 11.2. The third-order valence-electron chi connectivity index (χ3n) is 3.96. The van der Waals surface area contributed by atoms with Crippen LogP contribution < -0.4 is 0 Å². The predicted octanol–water partition coefficient (Wildman–Crippen LogP) is 2.38. The molecule has 0 bridgehead atoms. The lowest BCUT2D eigenvalue weighted by atomic mass is 9.88. The lowest BCUT2D eigenvalue weighted by molar-refractivity contribution is -0.119. The molecule has 1 fully saturated rings. The normalized spacial score (nSPS) is 21.3. The first-order chi connectivity index (χ1) is 7.72. The number of fused-ring (bicyclic) bond motifs is 1. The highest BCUT2D eigenvalue weighted by Gasteiger charge is 2.48. The Morgan fingerprint density at radius 3 is 2.81 bits per heavy atom. The molecule has 2 heteroatoms. The van der Waals surface area contributed by atoms with Crippen LogP contribution in [0.15, 0.2) is 18.2 Å². The molecule has 1 aromatic rings. The molecule has 1 aliphatic carbocycles. The minimum absolute atomic E-state index is 0.132. The van der Waals surface area contributed by atoms with Gasteiger partial charge in [0.1, 0.15) is 5.78 Å². The van der Waals surface area contributed by atoms with E-state index in [1.165, 1.54) is 16.7 Å². The van der Waals surface area contributed by atoms with Crippen molar-refractivity contribution >= 4 is 5.78 Å². The van der Waals surface area contributed by atoms with E-state index in [1.807, 2.05) is 0 Å². The third kappa shape index (κ3) is 1.40. The number of hydrogen-bond donors (Lipinski definition) is 0. The van der Waals surface area contributed by atoms with Crippen molar-refractivity contribution in [1.82, 2.24) is 0 Å². The average Bonchev–Trinajstić information content (AvgIpc) is 3.09. The van der Waals surface area contributed by atoms with Gasteiger partial charge < -0.3 is 4.74 Å². The van der Waals surface area contributed by atoms with E-state index in [9.17, 15) is 4.79 Å². The minimum atomic E-state index is -0.132. The van der Waals surface area contributed by atoms with Gasteiger partial charge in [-0.3, -0.25) is 4.79 Å². The van der Waals surface area contributed by atoms with Crippen LogP contribution in [-0.2, 0) is 28.0 Å². The van der Waals surface area contributed by atoms with Crippen molar-refractivity contribution in [3.8, 4) is 0 Å². The lowest BCUT2D eigenvalue weighted by Gasteiger charge is -2.19. The van der Waals surface area contributed by atoms with E-state index in [4.69, 9.17) is 4.74 Å². The summed E-state index contributed by atoms with van der Waals surface area (Å²) in [6.07, 6.45) is 3.03. The molecule has 1 heterocycles. The Bertz CT molecular complexity index is 444. The molecule has 0 N–H and O–H groups in total. The van der Waals surface area contributed by atoms with Gasteiger partial charge >= 0.3 is 0 Å². The standard InChI is InChI=1S/C14H16O2/c1-10(15)14(5-6-14)13-3-2-12-9-16-7-4-11(12)8-13/h2-3,8H,4-7,9H2,1H3. The zero-order valence-corrected chi connectivity index (χ0v) is 9.58. The quantitative estimate of drug-likeness (QED) is 0.758. The van der Waals surface area contributed by atoms with Crippen LogP contribution in [0.1, 0.15) is 36.5 Å². The molecule has 16 heavy (non-hydrogen) atoms. The maximum absolute atomic E-state index is 11.7. The fraction of sp³-hybridized carbons (Fsp3) is 0.500. The van der Waals surface area contributed by atoms with Crippen LogP contribution in [0.4, 0.5) is 0 Å². The van der Waals surface area contributed by atoms with Gasteiger partial charge in [0, 0.05) is 0 Å². The zero-order valence-electron chi connectivity index (χ0n) is 9.58. The van der Waals surface area contributed by atoms with Gasteiger partial charge in [-0.15, -0.1) is 0 Å². The van der Waals surface area contributed by atoms with Crippen molar-refractivity contribution in [2.45, 2.75) is 38.2 Å². The predicted molar refractivity (Wildman–Crippen MR) is 61.4 cm³/mol. The summed E-state index contributed by atoms with van der Waals surface area (Å²) in [5.74, 6) is 0.319. The molecule has 1 aromatic carbocycles. The molecule has 0 radical (unpaired) electrons. The molecular weight excluding hydrogens is 200 g/mol. The SMILES string of the molecule is CC(=O)C1(c2ccc3c(c2)CCOC3)CC1. The van der Waals surface area contributed by atoms with Crippen LogP contribution in [0.2, 0.25) is 0 Å². The van der Waals surface area contributed by atoms with Gasteiger partial charge in [-0.05, 0) is 42.9 Å². The maximum atomic E-state index is 11.7. The van der Waals surface area contributed by atoms with Crippen molar-refractivity contribution in [3.63, 3.8) is 0 Å². The molecule has 0 aromatic heterocycles. The number of rotatable bonds is 2. The Balaban J connectivity index is 2.00. The topological polar surface area (TPSA) is 26.3 Å². The molecule has 0 unspecified atom stereocenters. The third-order valence-corrected chi connectivity index (χ3v) is 3.96. The fourth-order valence-corrected chi connectivity index (χ4v) is 2.63. The number of benzene rings is 1. The Hall–Kier alpha value is -1.15. The van der Waals surface area contributed by atoms with Crippen molar-refractivity contribution in [2.75, 3.05) is 6.61 Å². The summed E-state index contributed by atoms with van der Waals surface area (Å²) < 4.78 is 5.42. The van der Waals surface area contributed by atoms with E-state index in [0.29, 0.717) is 5.78 Å². The average molecular weight is 216 g/mol. The van der Waals surface area contributed by atoms with Crippen LogP contribution in [-0.4, -0.2) is 12.4 Å². The molecular formula is C14H16O2. The van der Waals surface area contributed by atoms with E-state index < -0.39 is 0 Å². The molecule has 0 atom stereocenters. The van der Waals surface area contributed by atoms with Crippen molar-refractivity contribution in [2.24, 2.45) is 0 Å². The summed E-state index contributed by atoms with van der Waals surface area (Å²) in [4.78, 5) is 11.7. The Labute approximate surface area is 95.6 Å². The molecule has 2 nitrogen and oxygen atoms in total. The number of hydrogen-bond acceptors (Lipinski definition) is 2. The van der Waals surface area contributed by atoms with Gasteiger partial charge in [0.2, 0.25) is 0 Å². The molecule has 0 amide bonds. The number of carbonyl (C=O) groups is 1. The summed E-state index contributed by atoms with van der Waals surface area (Å²) >= 11 is 0.